The average Bonchev–Trinajstić information content (AvgIpc) is 3.21. The second kappa shape index (κ2) is 6.44. The van der Waals surface area contributed by atoms with Gasteiger partial charge < -0.3 is 10.0 Å². The van der Waals surface area contributed by atoms with Gasteiger partial charge in [0.25, 0.3) is 5.91 Å². The van der Waals surface area contributed by atoms with Gasteiger partial charge in [0, 0.05) is 18.5 Å². The standard InChI is InChI=1S/C19H16N4O3/c24-18(14-6-3-7-16(10-14)23-9-8-20-21-23)22-12-15-5-2-1-4-13(15)11-17(22)19(25)26/h1-10,17H,11-12H2,(H,25,26)/t17-/m0/s1. The molecule has 0 spiro atoms. The summed E-state index contributed by atoms with van der Waals surface area (Å²) in [4.78, 5) is 26.2. The number of aliphatic carboxylic acids is 1. The summed E-state index contributed by atoms with van der Waals surface area (Å²) in [7, 11) is 0. The number of carboxylic acid groups (broad SMARTS) is 1. The van der Waals surface area contributed by atoms with Gasteiger partial charge in [-0.25, -0.2) is 9.48 Å². The molecule has 7 heteroatoms. The van der Waals surface area contributed by atoms with Crippen molar-refractivity contribution in [2.75, 3.05) is 0 Å². The van der Waals surface area contributed by atoms with Gasteiger partial charge in [-0.3, -0.25) is 4.79 Å². The Labute approximate surface area is 149 Å². The lowest BCUT2D eigenvalue weighted by Gasteiger charge is -2.34. The number of fused-ring (bicyclic) bond motifs is 1. The fraction of sp³-hybridized carbons (Fsp3) is 0.158. The normalized spacial score (nSPS) is 16.2. The highest BCUT2D eigenvalue weighted by Gasteiger charge is 2.34. The summed E-state index contributed by atoms with van der Waals surface area (Å²) >= 11 is 0. The van der Waals surface area contributed by atoms with Gasteiger partial charge in [-0.1, -0.05) is 35.5 Å². The van der Waals surface area contributed by atoms with E-state index >= 15 is 0 Å². The van der Waals surface area contributed by atoms with Crippen LogP contribution in [0.4, 0.5) is 0 Å². The number of aromatic nitrogens is 3. The molecular formula is C19H16N4O3. The summed E-state index contributed by atoms with van der Waals surface area (Å²) in [5.74, 6) is -1.31. The third kappa shape index (κ3) is 2.83. The van der Waals surface area contributed by atoms with Crippen molar-refractivity contribution < 1.29 is 14.7 Å². The molecule has 0 saturated heterocycles. The minimum absolute atomic E-state index is 0.277. The van der Waals surface area contributed by atoms with Gasteiger partial charge in [0.05, 0.1) is 18.1 Å². The smallest absolute Gasteiger partial charge is 0.326 e. The first kappa shape index (κ1) is 16.0. The zero-order valence-electron chi connectivity index (χ0n) is 13.8. The lowest BCUT2D eigenvalue weighted by atomic mass is 9.93. The van der Waals surface area contributed by atoms with Crippen LogP contribution in [-0.2, 0) is 17.8 Å². The van der Waals surface area contributed by atoms with E-state index in [4.69, 9.17) is 0 Å². The van der Waals surface area contributed by atoms with Crippen molar-refractivity contribution in [3.05, 3.63) is 77.6 Å². The van der Waals surface area contributed by atoms with E-state index in [-0.39, 0.29) is 12.5 Å². The van der Waals surface area contributed by atoms with Crippen LogP contribution in [0.1, 0.15) is 21.5 Å². The number of hydrogen-bond donors (Lipinski definition) is 1. The van der Waals surface area contributed by atoms with E-state index in [1.165, 1.54) is 4.90 Å². The molecule has 0 aliphatic carbocycles. The quantitative estimate of drug-likeness (QED) is 0.781. The Morgan fingerprint density at radius 2 is 1.88 bits per heavy atom. The van der Waals surface area contributed by atoms with Crippen LogP contribution >= 0.6 is 0 Å². The third-order valence-electron chi connectivity index (χ3n) is 4.57. The van der Waals surface area contributed by atoms with Crippen LogP contribution < -0.4 is 0 Å². The summed E-state index contributed by atoms with van der Waals surface area (Å²) in [5, 5.41) is 17.3. The second-order valence-electron chi connectivity index (χ2n) is 6.16. The van der Waals surface area contributed by atoms with Crippen molar-refractivity contribution in [2.24, 2.45) is 0 Å². The molecule has 0 radical (unpaired) electrons. The van der Waals surface area contributed by atoms with Crippen molar-refractivity contribution in [2.45, 2.75) is 19.0 Å². The van der Waals surface area contributed by atoms with Crippen molar-refractivity contribution in [1.29, 1.82) is 0 Å². The highest BCUT2D eigenvalue weighted by atomic mass is 16.4. The molecule has 0 saturated carbocycles. The first-order chi connectivity index (χ1) is 12.6. The van der Waals surface area contributed by atoms with E-state index in [1.54, 1.807) is 35.3 Å². The molecule has 1 aliphatic heterocycles. The Bertz CT molecular complexity index is 968. The lowest BCUT2D eigenvalue weighted by molar-refractivity contribution is -0.142. The Kier molecular flexibility index (Phi) is 3.96. The molecule has 3 aromatic rings. The summed E-state index contributed by atoms with van der Waals surface area (Å²) in [6.07, 6.45) is 3.54. The molecule has 0 unspecified atom stereocenters. The molecule has 0 bridgehead atoms. The van der Waals surface area contributed by atoms with Gasteiger partial charge in [0.2, 0.25) is 0 Å². The summed E-state index contributed by atoms with van der Waals surface area (Å²) in [6.45, 7) is 0.277. The number of amides is 1. The number of benzene rings is 2. The lowest BCUT2D eigenvalue weighted by Crippen LogP contribution is -2.48. The molecule has 2 aromatic carbocycles. The molecule has 0 fully saturated rings. The SMILES string of the molecule is O=C(O)[C@@H]1Cc2ccccc2CN1C(=O)c1cccc(-n2ccnn2)c1. The van der Waals surface area contributed by atoms with E-state index in [2.05, 4.69) is 10.3 Å². The maximum Gasteiger partial charge on any atom is 0.326 e. The van der Waals surface area contributed by atoms with E-state index in [0.29, 0.717) is 17.7 Å². The molecule has 26 heavy (non-hydrogen) atoms. The van der Waals surface area contributed by atoms with E-state index in [0.717, 1.165) is 11.1 Å². The van der Waals surface area contributed by atoms with E-state index < -0.39 is 12.0 Å². The van der Waals surface area contributed by atoms with Crippen LogP contribution in [0.5, 0.6) is 0 Å². The van der Waals surface area contributed by atoms with Gasteiger partial charge in [-0.15, -0.1) is 5.10 Å². The van der Waals surface area contributed by atoms with Crippen molar-refractivity contribution in [1.82, 2.24) is 19.9 Å². The van der Waals surface area contributed by atoms with Crippen LogP contribution in [-0.4, -0.2) is 42.9 Å². The Hall–Kier alpha value is -3.48. The molecule has 4 rings (SSSR count). The zero-order valence-corrected chi connectivity index (χ0v) is 13.8. The number of carboxylic acids is 1. The first-order valence-corrected chi connectivity index (χ1v) is 8.21. The minimum atomic E-state index is -1.000. The largest absolute Gasteiger partial charge is 0.480 e. The summed E-state index contributed by atoms with van der Waals surface area (Å²) in [5.41, 5.74) is 3.06. The maximum absolute atomic E-state index is 13.1. The monoisotopic (exact) mass is 348 g/mol. The van der Waals surface area contributed by atoms with Gasteiger partial charge in [0.1, 0.15) is 6.04 Å². The maximum atomic E-state index is 13.1. The Balaban J connectivity index is 1.68. The molecule has 1 aliphatic rings. The first-order valence-electron chi connectivity index (χ1n) is 8.21. The predicted octanol–water partition coefficient (Wildman–Crippen LogP) is 1.92. The van der Waals surface area contributed by atoms with E-state index in [1.807, 2.05) is 30.3 Å². The predicted molar refractivity (Wildman–Crippen MR) is 92.8 cm³/mol. The molecule has 2 heterocycles. The fourth-order valence-corrected chi connectivity index (χ4v) is 3.25. The minimum Gasteiger partial charge on any atom is -0.480 e. The summed E-state index contributed by atoms with van der Waals surface area (Å²) < 4.78 is 1.55. The van der Waals surface area contributed by atoms with Crippen molar-refractivity contribution in [3.63, 3.8) is 0 Å². The summed E-state index contributed by atoms with van der Waals surface area (Å²) in [6, 6.07) is 13.7. The molecule has 7 nitrogen and oxygen atoms in total. The molecule has 1 atom stereocenters. The third-order valence-corrected chi connectivity index (χ3v) is 4.57. The highest BCUT2D eigenvalue weighted by molar-refractivity contribution is 5.97. The average molecular weight is 348 g/mol. The van der Waals surface area contributed by atoms with Crippen LogP contribution in [0.15, 0.2) is 60.9 Å². The zero-order chi connectivity index (χ0) is 18.1. The molecule has 1 N–H and O–H groups in total. The van der Waals surface area contributed by atoms with Crippen LogP contribution in [0.25, 0.3) is 5.69 Å². The molecule has 1 amide bonds. The molecule has 1 aromatic heterocycles. The number of carbonyl (C=O) groups is 2. The van der Waals surface area contributed by atoms with Crippen LogP contribution in [0, 0.1) is 0 Å². The second-order valence-corrected chi connectivity index (χ2v) is 6.16. The number of nitrogens with zero attached hydrogens (tertiary/aromatic N) is 4. The number of carbonyl (C=O) groups excluding carboxylic acids is 1. The van der Waals surface area contributed by atoms with Gasteiger partial charge in [-0.05, 0) is 29.3 Å². The Morgan fingerprint density at radius 1 is 1.08 bits per heavy atom. The molecular weight excluding hydrogens is 332 g/mol. The number of rotatable bonds is 3. The van der Waals surface area contributed by atoms with Crippen LogP contribution in [0.2, 0.25) is 0 Å². The topological polar surface area (TPSA) is 88.3 Å². The molecule has 130 valence electrons. The van der Waals surface area contributed by atoms with Crippen LogP contribution in [0.3, 0.4) is 0 Å². The van der Waals surface area contributed by atoms with Gasteiger partial charge >= 0.3 is 5.97 Å². The van der Waals surface area contributed by atoms with Gasteiger partial charge in [-0.2, -0.15) is 0 Å². The van der Waals surface area contributed by atoms with Crippen molar-refractivity contribution in [3.8, 4) is 5.69 Å². The fourth-order valence-electron chi connectivity index (χ4n) is 3.25. The van der Waals surface area contributed by atoms with Crippen molar-refractivity contribution >= 4 is 11.9 Å². The van der Waals surface area contributed by atoms with Gasteiger partial charge in [0.15, 0.2) is 0 Å². The van der Waals surface area contributed by atoms with E-state index in [9.17, 15) is 14.7 Å². The highest BCUT2D eigenvalue weighted by Crippen LogP contribution is 2.25. The number of hydrogen-bond acceptors (Lipinski definition) is 4. The Morgan fingerprint density at radius 3 is 2.62 bits per heavy atom.